The van der Waals surface area contributed by atoms with Crippen molar-refractivity contribution in [2.24, 2.45) is 12.8 Å². The maximum Gasteiger partial charge on any atom is 0.0841 e. The van der Waals surface area contributed by atoms with Gasteiger partial charge < -0.3 is 5.73 Å². The molecule has 17 heavy (non-hydrogen) atoms. The van der Waals surface area contributed by atoms with Gasteiger partial charge in [-0.25, -0.2) is 0 Å². The highest BCUT2D eigenvalue weighted by molar-refractivity contribution is 5.72. The number of hydrogen-bond acceptors (Lipinski definition) is 2. The zero-order valence-electron chi connectivity index (χ0n) is 10.9. The van der Waals surface area contributed by atoms with Crippen LogP contribution in [0.3, 0.4) is 0 Å². The third-order valence-electron chi connectivity index (χ3n) is 3.25. The molecule has 0 amide bonds. The Kier molecular flexibility index (Phi) is 3.03. The summed E-state index contributed by atoms with van der Waals surface area (Å²) >= 11 is 0. The fourth-order valence-electron chi connectivity index (χ4n) is 2.26. The van der Waals surface area contributed by atoms with Gasteiger partial charge in [-0.2, -0.15) is 5.10 Å². The van der Waals surface area contributed by atoms with Gasteiger partial charge in [-0.3, -0.25) is 4.68 Å². The molecule has 0 spiro atoms. The molecule has 2 N–H and O–H groups in total. The fourth-order valence-corrected chi connectivity index (χ4v) is 2.26. The Labute approximate surface area is 102 Å². The van der Waals surface area contributed by atoms with Crippen LogP contribution in [0.25, 0.3) is 11.1 Å². The average molecular weight is 229 g/mol. The van der Waals surface area contributed by atoms with Crippen molar-refractivity contribution in [3.63, 3.8) is 0 Å². The van der Waals surface area contributed by atoms with Crippen molar-refractivity contribution in [2.75, 3.05) is 0 Å². The van der Waals surface area contributed by atoms with Gasteiger partial charge in [0.15, 0.2) is 0 Å². The summed E-state index contributed by atoms with van der Waals surface area (Å²) in [6.07, 6.45) is 0. The highest BCUT2D eigenvalue weighted by Gasteiger charge is 2.15. The van der Waals surface area contributed by atoms with Crippen LogP contribution in [0.5, 0.6) is 0 Å². The predicted molar refractivity (Wildman–Crippen MR) is 70.7 cm³/mol. The second-order valence-corrected chi connectivity index (χ2v) is 4.55. The normalized spacial score (nSPS) is 10.9. The molecule has 0 aliphatic carbocycles. The van der Waals surface area contributed by atoms with Crippen LogP contribution >= 0.6 is 0 Å². The summed E-state index contributed by atoms with van der Waals surface area (Å²) in [6, 6.07) is 6.49. The van der Waals surface area contributed by atoms with Gasteiger partial charge in [0.05, 0.1) is 5.69 Å². The number of nitrogens with zero attached hydrogens (tertiary/aromatic N) is 2. The molecule has 0 atom stereocenters. The first-order valence-corrected chi connectivity index (χ1v) is 5.84. The van der Waals surface area contributed by atoms with E-state index in [9.17, 15) is 0 Å². The smallest absolute Gasteiger partial charge is 0.0841 e. The van der Waals surface area contributed by atoms with Crippen molar-refractivity contribution < 1.29 is 0 Å². The molecule has 0 fully saturated rings. The summed E-state index contributed by atoms with van der Waals surface area (Å²) in [4.78, 5) is 0. The highest BCUT2D eigenvalue weighted by atomic mass is 15.3. The molecule has 90 valence electrons. The second kappa shape index (κ2) is 4.34. The number of aromatic nitrogens is 2. The zero-order valence-corrected chi connectivity index (χ0v) is 10.9. The summed E-state index contributed by atoms with van der Waals surface area (Å²) in [6.45, 7) is 6.80. The van der Waals surface area contributed by atoms with Crippen LogP contribution in [0.2, 0.25) is 0 Å². The molecule has 2 rings (SSSR count). The SMILES string of the molecule is Cc1ccc(-c2c(CN)nn(C)c2C)c(C)c1. The van der Waals surface area contributed by atoms with E-state index in [2.05, 4.69) is 44.1 Å². The van der Waals surface area contributed by atoms with Crippen molar-refractivity contribution in [3.05, 3.63) is 40.7 Å². The molecule has 0 radical (unpaired) electrons. The Bertz CT molecular complexity index is 553. The maximum absolute atomic E-state index is 5.77. The van der Waals surface area contributed by atoms with E-state index in [0.29, 0.717) is 6.54 Å². The van der Waals surface area contributed by atoms with Gasteiger partial charge in [-0.1, -0.05) is 23.8 Å². The van der Waals surface area contributed by atoms with Gasteiger partial charge in [-0.15, -0.1) is 0 Å². The van der Waals surface area contributed by atoms with E-state index in [0.717, 1.165) is 11.4 Å². The lowest BCUT2D eigenvalue weighted by Crippen LogP contribution is -2.00. The summed E-state index contributed by atoms with van der Waals surface area (Å²) in [5, 5.41) is 4.46. The number of aryl methyl sites for hydroxylation is 3. The molecule has 3 nitrogen and oxygen atoms in total. The van der Waals surface area contributed by atoms with Crippen molar-refractivity contribution in [3.8, 4) is 11.1 Å². The van der Waals surface area contributed by atoms with E-state index in [1.54, 1.807) is 0 Å². The average Bonchev–Trinajstić information content (AvgIpc) is 2.56. The monoisotopic (exact) mass is 229 g/mol. The maximum atomic E-state index is 5.77. The number of hydrogen-bond donors (Lipinski definition) is 1. The first kappa shape index (κ1) is 11.9. The second-order valence-electron chi connectivity index (χ2n) is 4.55. The molecule has 0 aliphatic heterocycles. The molecule has 1 aromatic heterocycles. The van der Waals surface area contributed by atoms with Crippen molar-refractivity contribution >= 4 is 0 Å². The summed E-state index contributed by atoms with van der Waals surface area (Å²) in [5.74, 6) is 0. The van der Waals surface area contributed by atoms with Gasteiger partial charge >= 0.3 is 0 Å². The van der Waals surface area contributed by atoms with E-state index < -0.39 is 0 Å². The van der Waals surface area contributed by atoms with Crippen LogP contribution in [-0.2, 0) is 13.6 Å². The minimum absolute atomic E-state index is 0.477. The summed E-state index contributed by atoms with van der Waals surface area (Å²) < 4.78 is 1.90. The minimum Gasteiger partial charge on any atom is -0.325 e. The number of rotatable bonds is 2. The molecular formula is C14H19N3. The third kappa shape index (κ3) is 1.98. The third-order valence-corrected chi connectivity index (χ3v) is 3.25. The van der Waals surface area contributed by atoms with E-state index >= 15 is 0 Å². The predicted octanol–water partition coefficient (Wildman–Crippen LogP) is 2.47. The molecule has 1 aromatic carbocycles. The Balaban J connectivity index is 2.67. The van der Waals surface area contributed by atoms with E-state index in [-0.39, 0.29) is 0 Å². The first-order valence-electron chi connectivity index (χ1n) is 5.84. The molecule has 1 heterocycles. The lowest BCUT2D eigenvalue weighted by molar-refractivity contribution is 0.721. The molecule has 2 aromatic rings. The van der Waals surface area contributed by atoms with Crippen molar-refractivity contribution in [2.45, 2.75) is 27.3 Å². The van der Waals surface area contributed by atoms with Gasteiger partial charge in [0, 0.05) is 24.8 Å². The summed E-state index contributed by atoms with van der Waals surface area (Å²) in [5.41, 5.74) is 12.9. The standard InChI is InChI=1S/C14H19N3/c1-9-5-6-12(10(2)7-9)14-11(3)17(4)16-13(14)8-15/h5-7H,8,15H2,1-4H3. The molecule has 0 bridgehead atoms. The van der Waals surface area contributed by atoms with E-state index in [1.165, 1.54) is 22.3 Å². The van der Waals surface area contributed by atoms with Gasteiger partial charge in [0.1, 0.15) is 0 Å². The number of nitrogens with two attached hydrogens (primary N) is 1. The molecule has 0 unspecified atom stereocenters. The Hall–Kier alpha value is -1.61. The molecule has 3 heteroatoms. The Morgan fingerprint density at radius 1 is 1.24 bits per heavy atom. The zero-order chi connectivity index (χ0) is 12.6. The lowest BCUT2D eigenvalue weighted by atomic mass is 9.97. The van der Waals surface area contributed by atoms with Crippen molar-refractivity contribution in [1.29, 1.82) is 0 Å². The van der Waals surface area contributed by atoms with Gasteiger partial charge in [-0.05, 0) is 31.9 Å². The first-order chi connectivity index (χ1) is 8.04. The van der Waals surface area contributed by atoms with Crippen LogP contribution in [-0.4, -0.2) is 9.78 Å². The minimum atomic E-state index is 0.477. The highest BCUT2D eigenvalue weighted by Crippen LogP contribution is 2.29. The van der Waals surface area contributed by atoms with Crippen LogP contribution in [0.15, 0.2) is 18.2 Å². The molecule has 0 saturated carbocycles. The topological polar surface area (TPSA) is 43.8 Å². The Morgan fingerprint density at radius 2 is 1.94 bits per heavy atom. The van der Waals surface area contributed by atoms with Crippen LogP contribution < -0.4 is 5.73 Å². The Morgan fingerprint density at radius 3 is 2.53 bits per heavy atom. The van der Waals surface area contributed by atoms with Crippen LogP contribution in [0, 0.1) is 20.8 Å². The largest absolute Gasteiger partial charge is 0.325 e. The number of benzene rings is 1. The van der Waals surface area contributed by atoms with Crippen molar-refractivity contribution in [1.82, 2.24) is 9.78 Å². The molecule has 0 saturated heterocycles. The molecule has 0 aliphatic rings. The van der Waals surface area contributed by atoms with E-state index in [4.69, 9.17) is 5.73 Å². The fraction of sp³-hybridized carbons (Fsp3) is 0.357. The lowest BCUT2D eigenvalue weighted by Gasteiger charge is -2.08. The summed E-state index contributed by atoms with van der Waals surface area (Å²) in [7, 11) is 1.96. The quantitative estimate of drug-likeness (QED) is 0.859. The van der Waals surface area contributed by atoms with E-state index in [1.807, 2.05) is 11.7 Å². The van der Waals surface area contributed by atoms with Crippen LogP contribution in [0.4, 0.5) is 0 Å². The molecular weight excluding hydrogens is 210 g/mol. The van der Waals surface area contributed by atoms with Gasteiger partial charge in [0.25, 0.3) is 0 Å². The van der Waals surface area contributed by atoms with Gasteiger partial charge in [0.2, 0.25) is 0 Å². The van der Waals surface area contributed by atoms with Crippen LogP contribution in [0.1, 0.15) is 22.5 Å².